The normalized spacial score (nSPS) is 12.7. The van der Waals surface area contributed by atoms with Crippen LogP contribution in [0.25, 0.3) is 16.6 Å². The van der Waals surface area contributed by atoms with E-state index in [2.05, 4.69) is 15.2 Å². The smallest absolute Gasteiger partial charge is 0.318 e. The van der Waals surface area contributed by atoms with Gasteiger partial charge in [-0.2, -0.15) is 0 Å². The van der Waals surface area contributed by atoms with Gasteiger partial charge in [0, 0.05) is 5.39 Å². The van der Waals surface area contributed by atoms with Gasteiger partial charge in [-0.3, -0.25) is 9.20 Å². The van der Waals surface area contributed by atoms with Gasteiger partial charge in [0.1, 0.15) is 11.6 Å². The second-order valence-corrected chi connectivity index (χ2v) is 5.53. The number of hydrogen-bond acceptors (Lipinski definition) is 6. The van der Waals surface area contributed by atoms with Crippen LogP contribution in [-0.4, -0.2) is 37.9 Å². The van der Waals surface area contributed by atoms with E-state index < -0.39 is 0 Å². The topological polar surface area (TPSA) is 69.4 Å². The van der Waals surface area contributed by atoms with Crippen molar-refractivity contribution in [3.05, 3.63) is 30.6 Å². The molecule has 0 fully saturated rings. The highest BCUT2D eigenvalue weighted by atomic mass is 32.2. The fourth-order valence-corrected chi connectivity index (χ4v) is 2.76. The molecule has 0 N–H and O–H groups in total. The van der Waals surface area contributed by atoms with Crippen LogP contribution >= 0.6 is 11.8 Å². The maximum absolute atomic E-state index is 11.5. The molecule has 0 saturated heterocycles. The molecule has 0 spiro atoms. The van der Waals surface area contributed by atoms with E-state index in [9.17, 15) is 4.79 Å². The van der Waals surface area contributed by atoms with Gasteiger partial charge in [-0.25, -0.2) is 4.98 Å². The van der Waals surface area contributed by atoms with E-state index in [1.807, 2.05) is 24.3 Å². The average molecular weight is 288 g/mol. The van der Waals surface area contributed by atoms with Crippen LogP contribution in [-0.2, 0) is 9.53 Å². The number of esters is 1. The summed E-state index contributed by atoms with van der Waals surface area (Å²) in [5.74, 6) is -0.291. The number of para-hydroxylation sites is 1. The van der Waals surface area contributed by atoms with E-state index in [0.717, 1.165) is 16.6 Å². The lowest BCUT2D eigenvalue weighted by Crippen LogP contribution is -2.15. The van der Waals surface area contributed by atoms with Crippen LogP contribution in [0.5, 0.6) is 0 Å². The molecule has 0 aliphatic heterocycles. The first-order valence-electron chi connectivity index (χ1n) is 6.03. The number of rotatable bonds is 3. The molecule has 0 saturated carbocycles. The van der Waals surface area contributed by atoms with Crippen molar-refractivity contribution in [3.63, 3.8) is 0 Å². The largest absolute Gasteiger partial charge is 0.468 e. The number of methoxy groups -OCH3 is 1. The standard InChI is InChI=1S/C13H12N4O2S/c1-8(12(18)19-2)20-13-16-15-11-9-5-3-4-6-10(9)14-7-17(11)13/h3-8H,1-2H3/t8-/m1/s1. The van der Waals surface area contributed by atoms with Gasteiger partial charge < -0.3 is 4.74 Å². The Labute approximate surface area is 119 Å². The quantitative estimate of drug-likeness (QED) is 0.542. The molecule has 1 aromatic carbocycles. The minimum atomic E-state index is -0.348. The zero-order chi connectivity index (χ0) is 14.1. The molecule has 6 nitrogen and oxygen atoms in total. The molecule has 2 heterocycles. The Morgan fingerprint density at radius 3 is 2.95 bits per heavy atom. The summed E-state index contributed by atoms with van der Waals surface area (Å²) in [4.78, 5) is 15.8. The zero-order valence-corrected chi connectivity index (χ0v) is 11.8. The summed E-state index contributed by atoms with van der Waals surface area (Å²) in [5.41, 5.74) is 1.60. The Hall–Kier alpha value is -2.15. The van der Waals surface area contributed by atoms with Gasteiger partial charge in [-0.15, -0.1) is 10.2 Å². The van der Waals surface area contributed by atoms with Crippen LogP contribution in [0.3, 0.4) is 0 Å². The van der Waals surface area contributed by atoms with Crippen LogP contribution < -0.4 is 0 Å². The fraction of sp³-hybridized carbons (Fsp3) is 0.231. The second-order valence-electron chi connectivity index (χ2n) is 4.22. The summed E-state index contributed by atoms with van der Waals surface area (Å²) in [5, 5.41) is 9.52. The van der Waals surface area contributed by atoms with Crippen molar-refractivity contribution in [2.45, 2.75) is 17.3 Å². The maximum Gasteiger partial charge on any atom is 0.318 e. The highest BCUT2D eigenvalue weighted by Crippen LogP contribution is 2.25. The van der Waals surface area contributed by atoms with Gasteiger partial charge in [0.2, 0.25) is 0 Å². The summed E-state index contributed by atoms with van der Waals surface area (Å²) in [6.45, 7) is 1.77. The summed E-state index contributed by atoms with van der Waals surface area (Å²) in [6, 6.07) is 7.73. The average Bonchev–Trinajstić information content (AvgIpc) is 2.89. The Kier molecular flexibility index (Phi) is 3.27. The van der Waals surface area contributed by atoms with Crippen molar-refractivity contribution in [3.8, 4) is 0 Å². The molecule has 3 aromatic rings. The molecule has 2 aromatic heterocycles. The lowest BCUT2D eigenvalue weighted by Gasteiger charge is -2.07. The van der Waals surface area contributed by atoms with Crippen molar-refractivity contribution >= 4 is 34.3 Å². The molecule has 0 aliphatic rings. The lowest BCUT2D eigenvalue weighted by atomic mass is 10.2. The van der Waals surface area contributed by atoms with E-state index in [-0.39, 0.29) is 11.2 Å². The fourth-order valence-electron chi connectivity index (χ4n) is 1.91. The molecule has 102 valence electrons. The van der Waals surface area contributed by atoms with Crippen LogP contribution in [0.2, 0.25) is 0 Å². The van der Waals surface area contributed by atoms with E-state index in [4.69, 9.17) is 4.74 Å². The first kappa shape index (κ1) is 12.9. The first-order valence-corrected chi connectivity index (χ1v) is 6.91. The first-order chi connectivity index (χ1) is 9.70. The third-order valence-electron chi connectivity index (χ3n) is 2.94. The van der Waals surface area contributed by atoms with E-state index in [0.29, 0.717) is 5.16 Å². The number of nitrogens with zero attached hydrogens (tertiary/aromatic N) is 4. The number of thioether (sulfide) groups is 1. The zero-order valence-electron chi connectivity index (χ0n) is 11.0. The third kappa shape index (κ3) is 2.09. The summed E-state index contributed by atoms with van der Waals surface area (Å²) >= 11 is 1.30. The van der Waals surface area contributed by atoms with Crippen molar-refractivity contribution in [1.29, 1.82) is 0 Å². The van der Waals surface area contributed by atoms with Gasteiger partial charge in [0.05, 0.1) is 12.6 Å². The molecule has 0 amide bonds. The highest BCUT2D eigenvalue weighted by Gasteiger charge is 2.19. The monoisotopic (exact) mass is 288 g/mol. The Bertz CT molecular complexity index is 786. The minimum absolute atomic E-state index is 0.291. The number of carbonyl (C=O) groups excluding carboxylic acids is 1. The predicted molar refractivity (Wildman–Crippen MR) is 75.6 cm³/mol. The molecule has 7 heteroatoms. The molecule has 1 atom stereocenters. The molecule has 0 radical (unpaired) electrons. The van der Waals surface area contributed by atoms with Gasteiger partial charge in [-0.1, -0.05) is 23.9 Å². The number of fused-ring (bicyclic) bond motifs is 3. The molecule has 0 aliphatic carbocycles. The number of hydrogen-bond donors (Lipinski definition) is 0. The number of carbonyl (C=O) groups is 1. The van der Waals surface area contributed by atoms with Crippen molar-refractivity contribution in [1.82, 2.24) is 19.6 Å². The lowest BCUT2D eigenvalue weighted by molar-refractivity contribution is -0.139. The third-order valence-corrected chi connectivity index (χ3v) is 3.97. The van der Waals surface area contributed by atoms with E-state index >= 15 is 0 Å². The molecule has 0 bridgehead atoms. The predicted octanol–water partition coefficient (Wildman–Crippen LogP) is 1.93. The van der Waals surface area contributed by atoms with Crippen molar-refractivity contribution in [2.75, 3.05) is 7.11 Å². The molecular formula is C13H12N4O2S. The van der Waals surface area contributed by atoms with Gasteiger partial charge in [0.15, 0.2) is 10.8 Å². The minimum Gasteiger partial charge on any atom is -0.468 e. The highest BCUT2D eigenvalue weighted by molar-refractivity contribution is 8.00. The van der Waals surface area contributed by atoms with Gasteiger partial charge >= 0.3 is 5.97 Å². The summed E-state index contributed by atoms with van der Waals surface area (Å²) in [7, 11) is 1.37. The van der Waals surface area contributed by atoms with Crippen LogP contribution in [0.15, 0.2) is 35.7 Å². The second kappa shape index (κ2) is 5.09. The number of aromatic nitrogens is 4. The van der Waals surface area contributed by atoms with E-state index in [1.165, 1.54) is 18.9 Å². The maximum atomic E-state index is 11.5. The summed E-state index contributed by atoms with van der Waals surface area (Å²) in [6.07, 6.45) is 1.67. The Morgan fingerprint density at radius 2 is 2.15 bits per heavy atom. The van der Waals surface area contributed by atoms with Crippen LogP contribution in [0, 0.1) is 0 Å². The van der Waals surface area contributed by atoms with Crippen LogP contribution in [0.4, 0.5) is 0 Å². The number of ether oxygens (including phenoxy) is 1. The Morgan fingerprint density at radius 1 is 1.35 bits per heavy atom. The van der Waals surface area contributed by atoms with Gasteiger partial charge in [-0.05, 0) is 19.1 Å². The summed E-state index contributed by atoms with van der Waals surface area (Å²) < 4.78 is 6.49. The molecular weight excluding hydrogens is 276 g/mol. The number of benzene rings is 1. The van der Waals surface area contributed by atoms with E-state index in [1.54, 1.807) is 17.7 Å². The Balaban J connectivity index is 2.06. The van der Waals surface area contributed by atoms with Gasteiger partial charge in [0.25, 0.3) is 0 Å². The van der Waals surface area contributed by atoms with Crippen molar-refractivity contribution < 1.29 is 9.53 Å². The molecule has 3 rings (SSSR count). The SMILES string of the molecule is COC(=O)[C@@H](C)Sc1nnc2c3ccccc3ncn12. The van der Waals surface area contributed by atoms with Crippen LogP contribution in [0.1, 0.15) is 6.92 Å². The molecule has 20 heavy (non-hydrogen) atoms. The molecule has 0 unspecified atom stereocenters. The van der Waals surface area contributed by atoms with Crippen molar-refractivity contribution in [2.24, 2.45) is 0 Å².